The van der Waals surface area contributed by atoms with Crippen molar-refractivity contribution in [3.63, 3.8) is 0 Å². The molecule has 0 bridgehead atoms. The molecule has 0 atom stereocenters. The van der Waals surface area contributed by atoms with Crippen molar-refractivity contribution >= 4 is 10.8 Å². The maximum absolute atomic E-state index is 15.0. The highest BCUT2D eigenvalue weighted by molar-refractivity contribution is 5.87. The molecule has 0 N–H and O–H groups in total. The average Bonchev–Trinajstić information content (AvgIpc) is 2.78. The third-order valence-electron chi connectivity index (χ3n) is 5.37. The highest BCUT2D eigenvalue weighted by Crippen LogP contribution is 2.30. The third kappa shape index (κ3) is 4.58. The highest BCUT2D eigenvalue weighted by Gasteiger charge is 2.29. The van der Waals surface area contributed by atoms with Gasteiger partial charge in [0.15, 0.2) is 5.82 Å². The molecule has 0 fully saturated rings. The van der Waals surface area contributed by atoms with E-state index in [1.807, 2.05) is 19.1 Å². The Morgan fingerprint density at radius 2 is 1.52 bits per heavy atom. The van der Waals surface area contributed by atoms with Gasteiger partial charge in [-0.2, -0.15) is 13.2 Å². The molecule has 0 aliphatic heterocycles. The number of aromatic nitrogens is 2. The molecule has 0 saturated heterocycles. The van der Waals surface area contributed by atoms with Crippen LogP contribution in [0.2, 0.25) is 0 Å². The minimum absolute atomic E-state index is 0.307. The Kier molecular flexibility index (Phi) is 5.72. The summed E-state index contributed by atoms with van der Waals surface area (Å²) in [6, 6.07) is 14.0. The zero-order chi connectivity index (χ0) is 22.0. The van der Waals surface area contributed by atoms with E-state index >= 15 is 4.39 Å². The van der Waals surface area contributed by atoms with Gasteiger partial charge in [-0.1, -0.05) is 43.3 Å². The number of hydrogen-bond donors (Lipinski definition) is 0. The number of benzene rings is 3. The SMILES string of the molecule is CCc1cnc(-c2ccc3c(F)c(CCc4ccc(C(F)(F)F)cc4)ccc3c2)nc1. The van der Waals surface area contributed by atoms with E-state index in [9.17, 15) is 13.2 Å². The van der Waals surface area contributed by atoms with E-state index in [1.54, 1.807) is 30.6 Å². The van der Waals surface area contributed by atoms with Gasteiger partial charge in [0.05, 0.1) is 5.56 Å². The number of nitrogens with zero attached hydrogens (tertiary/aromatic N) is 2. The fourth-order valence-corrected chi connectivity index (χ4v) is 3.50. The summed E-state index contributed by atoms with van der Waals surface area (Å²) in [5.74, 6) is 0.282. The van der Waals surface area contributed by atoms with E-state index in [0.29, 0.717) is 29.6 Å². The van der Waals surface area contributed by atoms with Crippen LogP contribution >= 0.6 is 0 Å². The van der Waals surface area contributed by atoms with Crippen LogP contribution in [-0.4, -0.2) is 9.97 Å². The molecule has 2 nitrogen and oxygen atoms in total. The lowest BCUT2D eigenvalue weighted by Gasteiger charge is -2.10. The van der Waals surface area contributed by atoms with Gasteiger partial charge in [0.1, 0.15) is 5.82 Å². The Hall–Kier alpha value is -3.28. The fraction of sp³-hybridized carbons (Fsp3) is 0.200. The lowest BCUT2D eigenvalue weighted by atomic mass is 9.98. The number of alkyl halides is 3. The first-order valence-electron chi connectivity index (χ1n) is 10.0. The molecule has 0 unspecified atom stereocenters. The maximum atomic E-state index is 15.0. The standard InChI is InChI=1S/C25H20F4N2/c1-2-16-14-30-24(31-15-16)20-9-12-22-19(13-20)8-7-18(23(22)26)6-3-17-4-10-21(11-5-17)25(27,28)29/h4-5,7-15H,2-3,6H2,1H3. The van der Waals surface area contributed by atoms with Crippen LogP contribution < -0.4 is 0 Å². The number of hydrogen-bond acceptors (Lipinski definition) is 2. The van der Waals surface area contributed by atoms with Gasteiger partial charge in [-0.05, 0) is 59.5 Å². The molecule has 0 amide bonds. The van der Waals surface area contributed by atoms with Crippen LogP contribution in [0.25, 0.3) is 22.2 Å². The van der Waals surface area contributed by atoms with Crippen LogP contribution in [0.4, 0.5) is 17.6 Å². The monoisotopic (exact) mass is 424 g/mol. The predicted molar refractivity (Wildman–Crippen MR) is 113 cm³/mol. The first-order chi connectivity index (χ1) is 14.8. The summed E-state index contributed by atoms with van der Waals surface area (Å²) in [6.07, 6.45) is 0.936. The number of halogens is 4. The van der Waals surface area contributed by atoms with E-state index in [2.05, 4.69) is 9.97 Å². The normalized spacial score (nSPS) is 11.8. The summed E-state index contributed by atoms with van der Waals surface area (Å²) < 4.78 is 53.1. The molecule has 158 valence electrons. The van der Waals surface area contributed by atoms with E-state index in [1.165, 1.54) is 12.1 Å². The Morgan fingerprint density at radius 3 is 2.16 bits per heavy atom. The Balaban J connectivity index is 1.53. The van der Waals surface area contributed by atoms with Crippen molar-refractivity contribution < 1.29 is 17.6 Å². The maximum Gasteiger partial charge on any atom is 0.416 e. The predicted octanol–water partition coefficient (Wildman–Crippen LogP) is 6.80. The summed E-state index contributed by atoms with van der Waals surface area (Å²) in [5.41, 5.74) is 2.44. The molecule has 3 aromatic carbocycles. The lowest BCUT2D eigenvalue weighted by Crippen LogP contribution is -2.04. The van der Waals surface area contributed by atoms with Crippen LogP contribution in [0.15, 0.2) is 67.0 Å². The Bertz CT molecular complexity index is 1200. The Labute approximate surface area is 177 Å². The van der Waals surface area contributed by atoms with Crippen molar-refractivity contribution in [2.24, 2.45) is 0 Å². The molecule has 4 rings (SSSR count). The molecule has 0 aliphatic carbocycles. The smallest absolute Gasteiger partial charge is 0.236 e. The highest BCUT2D eigenvalue weighted by atomic mass is 19.4. The molecular weight excluding hydrogens is 404 g/mol. The molecule has 0 aliphatic rings. The largest absolute Gasteiger partial charge is 0.416 e. The summed E-state index contributed by atoms with van der Waals surface area (Å²) >= 11 is 0. The van der Waals surface area contributed by atoms with Crippen molar-refractivity contribution in [3.05, 3.63) is 95.1 Å². The molecular formula is C25H20F4N2. The van der Waals surface area contributed by atoms with Crippen molar-refractivity contribution in [2.75, 3.05) is 0 Å². The van der Waals surface area contributed by atoms with Gasteiger partial charge in [-0.25, -0.2) is 14.4 Å². The first kappa shape index (κ1) is 21.0. The molecule has 0 saturated carbocycles. The summed E-state index contributed by atoms with van der Waals surface area (Å²) in [7, 11) is 0. The molecule has 0 spiro atoms. The van der Waals surface area contributed by atoms with Crippen LogP contribution in [0.3, 0.4) is 0 Å². The van der Waals surface area contributed by atoms with Crippen molar-refractivity contribution in [3.8, 4) is 11.4 Å². The van der Waals surface area contributed by atoms with Crippen molar-refractivity contribution in [1.29, 1.82) is 0 Å². The van der Waals surface area contributed by atoms with Crippen LogP contribution in [0.5, 0.6) is 0 Å². The zero-order valence-electron chi connectivity index (χ0n) is 16.9. The average molecular weight is 424 g/mol. The fourth-order valence-electron chi connectivity index (χ4n) is 3.50. The van der Waals surface area contributed by atoms with Crippen molar-refractivity contribution in [1.82, 2.24) is 9.97 Å². The molecule has 4 aromatic rings. The van der Waals surface area contributed by atoms with Gasteiger partial charge < -0.3 is 0 Å². The number of fused-ring (bicyclic) bond motifs is 1. The lowest BCUT2D eigenvalue weighted by molar-refractivity contribution is -0.137. The van der Waals surface area contributed by atoms with Crippen LogP contribution in [0.1, 0.15) is 29.2 Å². The van der Waals surface area contributed by atoms with Gasteiger partial charge in [-0.15, -0.1) is 0 Å². The van der Waals surface area contributed by atoms with Crippen molar-refractivity contribution in [2.45, 2.75) is 32.4 Å². The summed E-state index contributed by atoms with van der Waals surface area (Å²) in [6.45, 7) is 2.03. The second-order valence-electron chi connectivity index (χ2n) is 7.44. The quantitative estimate of drug-likeness (QED) is 0.329. The van der Waals surface area contributed by atoms with Crippen LogP contribution in [-0.2, 0) is 25.4 Å². The van der Waals surface area contributed by atoms with Gasteiger partial charge in [0.25, 0.3) is 0 Å². The second-order valence-corrected chi connectivity index (χ2v) is 7.44. The van der Waals surface area contributed by atoms with E-state index < -0.39 is 11.7 Å². The van der Waals surface area contributed by atoms with E-state index in [4.69, 9.17) is 0 Å². The Morgan fingerprint density at radius 1 is 0.806 bits per heavy atom. The summed E-state index contributed by atoms with van der Waals surface area (Å²) in [4.78, 5) is 8.75. The van der Waals surface area contributed by atoms with E-state index in [0.717, 1.165) is 40.6 Å². The van der Waals surface area contributed by atoms with Gasteiger partial charge >= 0.3 is 6.18 Å². The molecule has 1 aromatic heterocycles. The molecule has 1 heterocycles. The third-order valence-corrected chi connectivity index (χ3v) is 5.37. The van der Waals surface area contributed by atoms with Crippen LogP contribution in [0, 0.1) is 5.82 Å². The van der Waals surface area contributed by atoms with E-state index in [-0.39, 0.29) is 5.82 Å². The minimum Gasteiger partial charge on any atom is -0.236 e. The van der Waals surface area contributed by atoms with Gasteiger partial charge in [0.2, 0.25) is 0 Å². The topological polar surface area (TPSA) is 25.8 Å². The number of aryl methyl sites for hydroxylation is 3. The second kappa shape index (κ2) is 8.46. The molecule has 0 radical (unpaired) electrons. The summed E-state index contributed by atoms with van der Waals surface area (Å²) in [5, 5.41) is 1.25. The number of rotatable bonds is 5. The molecule has 6 heteroatoms. The first-order valence-corrected chi connectivity index (χ1v) is 10.0. The zero-order valence-corrected chi connectivity index (χ0v) is 16.9. The molecule has 31 heavy (non-hydrogen) atoms. The van der Waals surface area contributed by atoms with Gasteiger partial charge in [-0.3, -0.25) is 0 Å². The van der Waals surface area contributed by atoms with Gasteiger partial charge in [0, 0.05) is 23.3 Å². The minimum atomic E-state index is -4.36.